The van der Waals surface area contributed by atoms with E-state index < -0.39 is 4.92 Å². The fourth-order valence-corrected chi connectivity index (χ4v) is 1.75. The molecular weight excluding hydrogens is 230 g/mol. The van der Waals surface area contributed by atoms with Crippen LogP contribution in [0.15, 0.2) is 18.2 Å². The Kier molecular flexibility index (Phi) is 5.65. The standard InChI is InChI=1S/C13H17N3O2/c1-2-3-4-5-9-15-12-8-6-7-11(10-14)13(12)16(17)18/h6-8,15H,2-5,9H2,1H3. The number of hydrogen-bond acceptors (Lipinski definition) is 4. The number of benzene rings is 1. The quantitative estimate of drug-likeness (QED) is 0.454. The van der Waals surface area contributed by atoms with Crippen LogP contribution in [0.1, 0.15) is 38.2 Å². The lowest BCUT2D eigenvalue weighted by molar-refractivity contribution is -0.384. The second-order valence-electron chi connectivity index (χ2n) is 4.06. The summed E-state index contributed by atoms with van der Waals surface area (Å²) in [6, 6.07) is 6.60. The highest BCUT2D eigenvalue weighted by Crippen LogP contribution is 2.27. The molecule has 96 valence electrons. The van der Waals surface area contributed by atoms with Gasteiger partial charge in [0.15, 0.2) is 0 Å². The molecule has 0 bridgehead atoms. The van der Waals surface area contributed by atoms with E-state index in [-0.39, 0.29) is 11.3 Å². The van der Waals surface area contributed by atoms with Gasteiger partial charge >= 0.3 is 5.69 Å². The molecule has 0 saturated carbocycles. The van der Waals surface area contributed by atoms with Gasteiger partial charge < -0.3 is 5.32 Å². The fourth-order valence-electron chi connectivity index (χ4n) is 1.75. The zero-order valence-electron chi connectivity index (χ0n) is 10.5. The topological polar surface area (TPSA) is 79.0 Å². The second kappa shape index (κ2) is 7.28. The molecule has 1 aromatic carbocycles. The van der Waals surface area contributed by atoms with Crippen molar-refractivity contribution in [2.24, 2.45) is 0 Å². The number of nitrogens with one attached hydrogen (secondary N) is 1. The molecule has 0 amide bonds. The minimum atomic E-state index is -0.507. The zero-order valence-corrected chi connectivity index (χ0v) is 10.5. The molecule has 0 unspecified atom stereocenters. The smallest absolute Gasteiger partial charge is 0.309 e. The minimum Gasteiger partial charge on any atom is -0.379 e. The first-order chi connectivity index (χ1) is 8.70. The number of nitrogens with zero attached hydrogens (tertiary/aromatic N) is 2. The van der Waals surface area contributed by atoms with E-state index in [2.05, 4.69) is 12.2 Å². The van der Waals surface area contributed by atoms with E-state index in [0.29, 0.717) is 12.2 Å². The monoisotopic (exact) mass is 247 g/mol. The molecule has 5 nitrogen and oxygen atoms in total. The van der Waals surface area contributed by atoms with Gasteiger partial charge in [-0.25, -0.2) is 0 Å². The van der Waals surface area contributed by atoms with Crippen molar-refractivity contribution in [3.05, 3.63) is 33.9 Å². The van der Waals surface area contributed by atoms with Crippen LogP contribution in [0.25, 0.3) is 0 Å². The van der Waals surface area contributed by atoms with Gasteiger partial charge in [0.25, 0.3) is 0 Å². The van der Waals surface area contributed by atoms with E-state index >= 15 is 0 Å². The SMILES string of the molecule is CCCCCCNc1cccc(C#N)c1[N+](=O)[O-]. The van der Waals surface area contributed by atoms with Gasteiger partial charge in [-0.2, -0.15) is 5.26 Å². The number of hydrogen-bond donors (Lipinski definition) is 1. The van der Waals surface area contributed by atoms with Crippen LogP contribution < -0.4 is 5.32 Å². The number of anilines is 1. The Bertz CT molecular complexity index is 452. The molecule has 0 aliphatic rings. The van der Waals surface area contributed by atoms with Gasteiger partial charge in [0.2, 0.25) is 0 Å². The summed E-state index contributed by atoms with van der Waals surface area (Å²) in [5, 5.41) is 22.8. The number of nitro benzene ring substituents is 1. The van der Waals surface area contributed by atoms with E-state index in [0.717, 1.165) is 19.3 Å². The highest BCUT2D eigenvalue weighted by molar-refractivity contribution is 5.68. The number of para-hydroxylation sites is 1. The zero-order chi connectivity index (χ0) is 13.4. The number of rotatable bonds is 7. The van der Waals surface area contributed by atoms with Crippen LogP contribution >= 0.6 is 0 Å². The Morgan fingerprint density at radius 3 is 2.78 bits per heavy atom. The summed E-state index contributed by atoms with van der Waals surface area (Å²) >= 11 is 0. The molecular formula is C13H17N3O2. The average molecular weight is 247 g/mol. The van der Waals surface area contributed by atoms with Crippen molar-refractivity contribution < 1.29 is 4.92 Å². The van der Waals surface area contributed by atoms with Crippen molar-refractivity contribution in [3.8, 4) is 6.07 Å². The lowest BCUT2D eigenvalue weighted by atomic mass is 10.1. The first-order valence-corrected chi connectivity index (χ1v) is 6.12. The van der Waals surface area contributed by atoms with Crippen molar-refractivity contribution in [1.82, 2.24) is 0 Å². The third kappa shape index (κ3) is 3.74. The van der Waals surface area contributed by atoms with E-state index in [1.54, 1.807) is 12.1 Å². The Morgan fingerprint density at radius 2 is 2.17 bits per heavy atom. The molecule has 1 N–H and O–H groups in total. The molecule has 0 spiro atoms. The molecule has 0 aliphatic heterocycles. The van der Waals surface area contributed by atoms with Gasteiger partial charge in [0, 0.05) is 6.54 Å². The molecule has 5 heteroatoms. The first kappa shape index (κ1) is 14.0. The summed E-state index contributed by atoms with van der Waals surface area (Å²) in [4.78, 5) is 10.4. The molecule has 0 atom stereocenters. The van der Waals surface area contributed by atoms with Gasteiger partial charge in [0.05, 0.1) is 4.92 Å². The van der Waals surface area contributed by atoms with Crippen molar-refractivity contribution in [2.45, 2.75) is 32.6 Å². The van der Waals surface area contributed by atoms with Crippen LogP contribution in [0.4, 0.5) is 11.4 Å². The lowest BCUT2D eigenvalue weighted by Crippen LogP contribution is -2.05. The molecule has 0 heterocycles. The molecule has 1 rings (SSSR count). The summed E-state index contributed by atoms with van der Waals surface area (Å²) in [6.07, 6.45) is 4.41. The number of unbranched alkanes of at least 4 members (excludes halogenated alkanes) is 3. The lowest BCUT2D eigenvalue weighted by Gasteiger charge is -2.07. The minimum absolute atomic E-state index is 0.0959. The number of nitriles is 1. The van der Waals surface area contributed by atoms with Gasteiger partial charge in [-0.15, -0.1) is 0 Å². The van der Waals surface area contributed by atoms with E-state index in [9.17, 15) is 10.1 Å². The molecule has 0 radical (unpaired) electrons. The molecule has 0 fully saturated rings. The Morgan fingerprint density at radius 1 is 1.39 bits per heavy atom. The predicted octanol–water partition coefficient (Wildman–Crippen LogP) is 3.46. The van der Waals surface area contributed by atoms with Gasteiger partial charge in [-0.3, -0.25) is 10.1 Å². The third-order valence-electron chi connectivity index (χ3n) is 2.68. The van der Waals surface area contributed by atoms with Crippen LogP contribution in [0.2, 0.25) is 0 Å². The number of nitro groups is 1. The summed E-state index contributed by atoms with van der Waals surface area (Å²) in [6.45, 7) is 2.82. The largest absolute Gasteiger partial charge is 0.379 e. The molecule has 0 aliphatic carbocycles. The second-order valence-corrected chi connectivity index (χ2v) is 4.06. The normalized spacial score (nSPS) is 9.78. The van der Waals surface area contributed by atoms with Gasteiger partial charge in [-0.1, -0.05) is 32.3 Å². The van der Waals surface area contributed by atoms with Crippen LogP contribution in [0.3, 0.4) is 0 Å². The highest BCUT2D eigenvalue weighted by Gasteiger charge is 2.18. The summed E-state index contributed by atoms with van der Waals surface area (Å²) in [5.74, 6) is 0. The van der Waals surface area contributed by atoms with Crippen LogP contribution in [0, 0.1) is 21.4 Å². The third-order valence-corrected chi connectivity index (χ3v) is 2.68. The van der Waals surface area contributed by atoms with Crippen molar-refractivity contribution >= 4 is 11.4 Å². The van der Waals surface area contributed by atoms with Gasteiger partial charge in [-0.05, 0) is 18.6 Å². The Labute approximate surface area is 107 Å². The van der Waals surface area contributed by atoms with Gasteiger partial charge in [0.1, 0.15) is 17.3 Å². The van der Waals surface area contributed by atoms with Crippen molar-refractivity contribution in [2.75, 3.05) is 11.9 Å². The summed E-state index contributed by atoms with van der Waals surface area (Å²) < 4.78 is 0. The summed E-state index contributed by atoms with van der Waals surface area (Å²) in [5.41, 5.74) is 0.393. The van der Waals surface area contributed by atoms with Crippen LogP contribution in [-0.4, -0.2) is 11.5 Å². The maximum absolute atomic E-state index is 11.0. The van der Waals surface area contributed by atoms with Crippen LogP contribution in [0.5, 0.6) is 0 Å². The van der Waals surface area contributed by atoms with Crippen LogP contribution in [-0.2, 0) is 0 Å². The van der Waals surface area contributed by atoms with E-state index in [4.69, 9.17) is 5.26 Å². The van der Waals surface area contributed by atoms with E-state index in [1.165, 1.54) is 12.5 Å². The first-order valence-electron chi connectivity index (χ1n) is 6.12. The molecule has 0 saturated heterocycles. The maximum Gasteiger partial charge on any atom is 0.309 e. The predicted molar refractivity (Wildman–Crippen MR) is 70.4 cm³/mol. The fraction of sp³-hybridized carbons (Fsp3) is 0.462. The maximum atomic E-state index is 11.0. The molecule has 0 aromatic heterocycles. The molecule has 1 aromatic rings. The Hall–Kier alpha value is -2.09. The van der Waals surface area contributed by atoms with E-state index in [1.807, 2.05) is 6.07 Å². The van der Waals surface area contributed by atoms with Crippen molar-refractivity contribution in [3.63, 3.8) is 0 Å². The average Bonchev–Trinajstić information content (AvgIpc) is 2.37. The highest BCUT2D eigenvalue weighted by atomic mass is 16.6. The van der Waals surface area contributed by atoms with Crippen molar-refractivity contribution in [1.29, 1.82) is 5.26 Å². The Balaban J connectivity index is 2.71. The summed E-state index contributed by atoms with van der Waals surface area (Å²) in [7, 11) is 0. The molecule has 18 heavy (non-hydrogen) atoms.